The molecule has 1 heterocycles. The highest BCUT2D eigenvalue weighted by molar-refractivity contribution is 5.78. The van der Waals surface area contributed by atoms with Gasteiger partial charge >= 0.3 is 0 Å². The number of hydrogen-bond acceptors (Lipinski definition) is 2. The number of carbonyl (C=O) groups excluding carboxylic acids is 1. The van der Waals surface area contributed by atoms with Crippen molar-refractivity contribution in [2.24, 2.45) is 11.7 Å². The largest absolute Gasteiger partial charge is 0.353 e. The van der Waals surface area contributed by atoms with Crippen LogP contribution < -0.4 is 11.1 Å². The van der Waals surface area contributed by atoms with Crippen LogP contribution in [-0.2, 0) is 4.79 Å². The van der Waals surface area contributed by atoms with Gasteiger partial charge in [0.1, 0.15) is 0 Å². The summed E-state index contributed by atoms with van der Waals surface area (Å²) in [6.45, 7) is 2.72. The minimum Gasteiger partial charge on any atom is -0.353 e. The second-order valence-electron chi connectivity index (χ2n) is 2.93. The second-order valence-corrected chi connectivity index (χ2v) is 2.93. The van der Waals surface area contributed by atoms with E-state index in [9.17, 15) is 4.79 Å². The van der Waals surface area contributed by atoms with E-state index in [1.54, 1.807) is 0 Å². The molecule has 3 heteroatoms. The Morgan fingerprint density at radius 1 is 1.90 bits per heavy atom. The van der Waals surface area contributed by atoms with Gasteiger partial charge in [-0.3, -0.25) is 4.79 Å². The molecule has 1 fully saturated rings. The second kappa shape index (κ2) is 3.01. The molecule has 2 unspecified atom stereocenters. The van der Waals surface area contributed by atoms with Crippen molar-refractivity contribution < 1.29 is 4.79 Å². The van der Waals surface area contributed by atoms with Gasteiger partial charge in [-0.1, -0.05) is 6.92 Å². The summed E-state index contributed by atoms with van der Waals surface area (Å²) >= 11 is 0. The zero-order valence-corrected chi connectivity index (χ0v) is 6.26. The molecule has 0 spiro atoms. The van der Waals surface area contributed by atoms with Gasteiger partial charge in [0.25, 0.3) is 0 Å². The first kappa shape index (κ1) is 7.54. The monoisotopic (exact) mass is 142 g/mol. The molecule has 1 aliphatic heterocycles. The fraction of sp³-hybridized carbons (Fsp3) is 0.857. The highest BCUT2D eigenvalue weighted by Crippen LogP contribution is 2.13. The van der Waals surface area contributed by atoms with Crippen molar-refractivity contribution in [3.63, 3.8) is 0 Å². The maximum Gasteiger partial charge on any atom is 0.220 e. The van der Waals surface area contributed by atoms with Gasteiger partial charge in [-0.15, -0.1) is 0 Å². The van der Waals surface area contributed by atoms with Crippen molar-refractivity contribution in [2.45, 2.75) is 25.8 Å². The van der Waals surface area contributed by atoms with Crippen LogP contribution in [0.3, 0.4) is 0 Å². The van der Waals surface area contributed by atoms with E-state index in [1.807, 2.05) is 0 Å². The number of carbonyl (C=O) groups is 1. The first-order valence-electron chi connectivity index (χ1n) is 3.73. The SMILES string of the molecule is CC(CN)C1CCC(=O)N1. The van der Waals surface area contributed by atoms with Crippen LogP contribution in [0.2, 0.25) is 0 Å². The van der Waals surface area contributed by atoms with E-state index in [1.165, 1.54) is 0 Å². The standard InChI is InChI=1S/C7H14N2O/c1-5(4-8)6-2-3-7(10)9-6/h5-6H,2-4,8H2,1H3,(H,9,10). The van der Waals surface area contributed by atoms with Crippen molar-refractivity contribution in [1.29, 1.82) is 0 Å². The topological polar surface area (TPSA) is 55.1 Å². The number of nitrogens with two attached hydrogens (primary N) is 1. The first-order chi connectivity index (χ1) is 4.74. The number of rotatable bonds is 2. The Morgan fingerprint density at radius 3 is 3.00 bits per heavy atom. The van der Waals surface area contributed by atoms with Crippen LogP contribution in [0.15, 0.2) is 0 Å². The smallest absolute Gasteiger partial charge is 0.220 e. The van der Waals surface area contributed by atoms with Crippen LogP contribution in [0.1, 0.15) is 19.8 Å². The Balaban J connectivity index is 2.36. The third-order valence-corrected chi connectivity index (χ3v) is 2.09. The number of hydrogen-bond donors (Lipinski definition) is 2. The fourth-order valence-corrected chi connectivity index (χ4v) is 1.23. The fourth-order valence-electron chi connectivity index (χ4n) is 1.23. The molecule has 0 bridgehead atoms. The average Bonchev–Trinajstić information content (AvgIpc) is 2.34. The summed E-state index contributed by atoms with van der Waals surface area (Å²) in [5, 5.41) is 2.89. The van der Waals surface area contributed by atoms with Crippen LogP contribution in [0.5, 0.6) is 0 Å². The highest BCUT2D eigenvalue weighted by atomic mass is 16.1. The minimum atomic E-state index is 0.172. The lowest BCUT2D eigenvalue weighted by molar-refractivity contribution is -0.119. The summed E-state index contributed by atoms with van der Waals surface area (Å²) in [6.07, 6.45) is 1.63. The molecule has 0 aromatic rings. The van der Waals surface area contributed by atoms with Gasteiger partial charge in [-0.05, 0) is 18.9 Å². The highest BCUT2D eigenvalue weighted by Gasteiger charge is 2.24. The van der Waals surface area contributed by atoms with Crippen molar-refractivity contribution in [3.05, 3.63) is 0 Å². The predicted octanol–water partition coefficient (Wildman–Crippen LogP) is -0.140. The molecule has 2 atom stereocenters. The number of amides is 1. The van der Waals surface area contributed by atoms with Crippen LogP contribution in [0.4, 0.5) is 0 Å². The summed E-state index contributed by atoms with van der Waals surface area (Å²) in [7, 11) is 0. The van der Waals surface area contributed by atoms with Gasteiger partial charge in [0, 0.05) is 12.5 Å². The average molecular weight is 142 g/mol. The molecule has 3 N–H and O–H groups in total. The molecular weight excluding hydrogens is 128 g/mol. The Hall–Kier alpha value is -0.570. The summed E-state index contributed by atoms with van der Waals surface area (Å²) in [6, 6.07) is 0.331. The van der Waals surface area contributed by atoms with E-state index in [-0.39, 0.29) is 5.91 Å². The van der Waals surface area contributed by atoms with Gasteiger partial charge in [-0.25, -0.2) is 0 Å². The maximum absolute atomic E-state index is 10.7. The van der Waals surface area contributed by atoms with Gasteiger partial charge < -0.3 is 11.1 Å². The Labute approximate surface area is 61.0 Å². The third-order valence-electron chi connectivity index (χ3n) is 2.09. The lowest BCUT2D eigenvalue weighted by Gasteiger charge is -2.16. The molecule has 1 saturated heterocycles. The van der Waals surface area contributed by atoms with Gasteiger partial charge in [0.2, 0.25) is 5.91 Å². The molecule has 0 aliphatic carbocycles. The lowest BCUT2D eigenvalue weighted by atomic mass is 10.0. The quantitative estimate of drug-likeness (QED) is 0.564. The van der Waals surface area contributed by atoms with Crippen LogP contribution in [-0.4, -0.2) is 18.5 Å². The van der Waals surface area contributed by atoms with Gasteiger partial charge in [0.15, 0.2) is 0 Å². The van der Waals surface area contributed by atoms with Crippen molar-refractivity contribution in [2.75, 3.05) is 6.54 Å². The Kier molecular flexibility index (Phi) is 2.27. The summed E-state index contributed by atoms with van der Waals surface area (Å²) < 4.78 is 0. The van der Waals surface area contributed by atoms with Crippen molar-refractivity contribution >= 4 is 5.91 Å². The molecule has 58 valence electrons. The van der Waals surface area contributed by atoms with E-state index in [2.05, 4.69) is 12.2 Å². The molecule has 0 saturated carbocycles. The van der Waals surface area contributed by atoms with E-state index in [0.29, 0.717) is 24.9 Å². The summed E-state index contributed by atoms with van der Waals surface area (Å²) in [4.78, 5) is 10.7. The van der Waals surface area contributed by atoms with Crippen LogP contribution in [0, 0.1) is 5.92 Å². The summed E-state index contributed by atoms with van der Waals surface area (Å²) in [5.74, 6) is 0.594. The Bertz CT molecular complexity index is 136. The molecule has 3 nitrogen and oxygen atoms in total. The predicted molar refractivity (Wildman–Crippen MR) is 39.4 cm³/mol. The molecular formula is C7H14N2O. The van der Waals surface area contributed by atoms with E-state index < -0.39 is 0 Å². The van der Waals surface area contributed by atoms with Crippen molar-refractivity contribution in [3.8, 4) is 0 Å². The molecule has 0 aromatic heterocycles. The van der Waals surface area contributed by atoms with Gasteiger partial charge in [-0.2, -0.15) is 0 Å². The molecule has 0 aromatic carbocycles. The van der Waals surface area contributed by atoms with Crippen LogP contribution >= 0.6 is 0 Å². The summed E-state index contributed by atoms with van der Waals surface area (Å²) in [5.41, 5.74) is 5.45. The zero-order valence-electron chi connectivity index (χ0n) is 6.26. The third kappa shape index (κ3) is 1.48. The normalized spacial score (nSPS) is 28.2. The molecule has 0 radical (unpaired) electrons. The van der Waals surface area contributed by atoms with Crippen LogP contribution in [0.25, 0.3) is 0 Å². The van der Waals surface area contributed by atoms with E-state index in [4.69, 9.17) is 5.73 Å². The zero-order chi connectivity index (χ0) is 7.56. The van der Waals surface area contributed by atoms with Crippen molar-refractivity contribution in [1.82, 2.24) is 5.32 Å². The van der Waals surface area contributed by atoms with E-state index >= 15 is 0 Å². The number of nitrogens with one attached hydrogen (secondary N) is 1. The van der Waals surface area contributed by atoms with E-state index in [0.717, 1.165) is 6.42 Å². The molecule has 10 heavy (non-hydrogen) atoms. The molecule has 1 rings (SSSR count). The molecule has 1 aliphatic rings. The Morgan fingerprint density at radius 2 is 2.60 bits per heavy atom. The maximum atomic E-state index is 10.7. The minimum absolute atomic E-state index is 0.172. The molecule has 1 amide bonds. The lowest BCUT2D eigenvalue weighted by Crippen LogP contribution is -2.34. The first-order valence-corrected chi connectivity index (χ1v) is 3.73. The van der Waals surface area contributed by atoms with Gasteiger partial charge in [0.05, 0.1) is 0 Å².